The lowest BCUT2D eigenvalue weighted by molar-refractivity contribution is -0.143. The number of nitrogens with two attached hydrogens (primary N) is 1. The highest BCUT2D eigenvalue weighted by Crippen LogP contribution is 2.22. The molecule has 0 radical (unpaired) electrons. The number of rotatable bonds is 30. The van der Waals surface area contributed by atoms with Gasteiger partial charge in [-0.2, -0.15) is 0 Å². The third-order valence-corrected chi connectivity index (χ3v) is 8.09. The number of carbonyl (C=O) groups is 1. The van der Waals surface area contributed by atoms with E-state index in [1.165, 1.54) is 141 Å². The molecule has 0 aromatic carbocycles. The molecule has 0 bridgehead atoms. The average molecular weight is 524 g/mol. The van der Waals surface area contributed by atoms with E-state index in [4.69, 9.17) is 10.5 Å². The van der Waals surface area contributed by atoms with E-state index in [1.807, 2.05) is 0 Å². The van der Waals surface area contributed by atoms with Crippen LogP contribution in [0.25, 0.3) is 0 Å². The van der Waals surface area contributed by atoms with Crippen molar-refractivity contribution in [2.75, 3.05) is 6.61 Å². The molecule has 3 nitrogen and oxygen atoms in total. The van der Waals surface area contributed by atoms with Crippen LogP contribution < -0.4 is 5.73 Å². The van der Waals surface area contributed by atoms with Crippen LogP contribution in [0.5, 0.6) is 0 Å². The predicted molar refractivity (Wildman–Crippen MR) is 164 cm³/mol. The van der Waals surface area contributed by atoms with E-state index in [1.54, 1.807) is 0 Å². The van der Waals surface area contributed by atoms with Crippen molar-refractivity contribution in [2.45, 2.75) is 200 Å². The normalized spacial score (nSPS) is 12.4. The Balaban J connectivity index is 3.44. The monoisotopic (exact) mass is 524 g/mol. The Labute approximate surface area is 233 Å². The van der Waals surface area contributed by atoms with Gasteiger partial charge in [0.25, 0.3) is 0 Å². The summed E-state index contributed by atoms with van der Waals surface area (Å²) in [7, 11) is 0. The van der Waals surface area contributed by atoms with Gasteiger partial charge < -0.3 is 10.5 Å². The quantitative estimate of drug-likeness (QED) is 0.0752. The SMILES string of the molecule is CCCCCCCCCCCCC(N)CCCCCCCC(=O)OCCCCC(CCCC)CCCC. The second-order valence-corrected chi connectivity index (χ2v) is 11.9. The summed E-state index contributed by atoms with van der Waals surface area (Å²) in [5.74, 6) is 0.886. The van der Waals surface area contributed by atoms with Gasteiger partial charge in [0.1, 0.15) is 0 Å². The zero-order valence-corrected chi connectivity index (χ0v) is 25.8. The zero-order valence-electron chi connectivity index (χ0n) is 25.8. The molecule has 0 aliphatic rings. The van der Waals surface area contributed by atoms with Gasteiger partial charge in [0.15, 0.2) is 0 Å². The second-order valence-electron chi connectivity index (χ2n) is 11.9. The minimum atomic E-state index is 0.00651. The van der Waals surface area contributed by atoms with Crippen LogP contribution in [0.4, 0.5) is 0 Å². The summed E-state index contributed by atoms with van der Waals surface area (Å²) in [6, 6.07) is 0.387. The predicted octanol–water partition coefficient (Wildman–Crippen LogP) is 11.1. The first kappa shape index (κ1) is 36.4. The molecule has 0 aromatic rings. The molecule has 0 saturated heterocycles. The van der Waals surface area contributed by atoms with E-state index >= 15 is 0 Å². The molecule has 0 aromatic heterocycles. The van der Waals surface area contributed by atoms with Crippen molar-refractivity contribution >= 4 is 5.97 Å². The van der Waals surface area contributed by atoms with E-state index in [2.05, 4.69) is 20.8 Å². The standard InChI is InChI=1S/C34H69NO2/c1-4-7-10-11-12-13-14-15-17-20-28-33(35)29-21-18-16-19-22-30-34(36)37-31-24-23-27-32(25-8-5-2)26-9-6-3/h32-33H,4-31,35H2,1-3H3. The molecule has 1 unspecified atom stereocenters. The van der Waals surface area contributed by atoms with Crippen molar-refractivity contribution in [1.29, 1.82) is 0 Å². The van der Waals surface area contributed by atoms with Crippen LogP contribution in [-0.4, -0.2) is 18.6 Å². The Bertz CT molecular complexity index is 445. The van der Waals surface area contributed by atoms with E-state index in [0.29, 0.717) is 19.1 Å². The molecule has 0 amide bonds. The second kappa shape index (κ2) is 30.0. The summed E-state index contributed by atoms with van der Waals surface area (Å²) < 4.78 is 5.48. The Morgan fingerprint density at radius 1 is 0.514 bits per heavy atom. The van der Waals surface area contributed by atoms with Crippen LogP contribution in [0.15, 0.2) is 0 Å². The molecule has 2 N–H and O–H groups in total. The maximum atomic E-state index is 12.0. The van der Waals surface area contributed by atoms with Crippen LogP contribution in [0, 0.1) is 5.92 Å². The summed E-state index contributed by atoms with van der Waals surface area (Å²) in [6.07, 6.45) is 34.3. The minimum absolute atomic E-state index is 0.00651. The van der Waals surface area contributed by atoms with Gasteiger partial charge >= 0.3 is 5.97 Å². The van der Waals surface area contributed by atoms with Crippen molar-refractivity contribution in [3.05, 3.63) is 0 Å². The number of esters is 1. The van der Waals surface area contributed by atoms with E-state index in [-0.39, 0.29) is 5.97 Å². The van der Waals surface area contributed by atoms with Crippen LogP contribution in [-0.2, 0) is 9.53 Å². The fourth-order valence-corrected chi connectivity index (χ4v) is 5.46. The molecule has 0 heterocycles. The van der Waals surface area contributed by atoms with Crippen LogP contribution in [0.2, 0.25) is 0 Å². The lowest BCUT2D eigenvalue weighted by Gasteiger charge is -2.16. The van der Waals surface area contributed by atoms with E-state index < -0.39 is 0 Å². The zero-order chi connectivity index (χ0) is 27.2. The minimum Gasteiger partial charge on any atom is -0.466 e. The Morgan fingerprint density at radius 2 is 0.919 bits per heavy atom. The number of ether oxygens (including phenoxy) is 1. The average Bonchev–Trinajstić information content (AvgIpc) is 2.90. The first-order valence-electron chi connectivity index (χ1n) is 17.0. The first-order chi connectivity index (χ1) is 18.1. The van der Waals surface area contributed by atoms with Gasteiger partial charge in [-0.25, -0.2) is 0 Å². The Kier molecular flexibility index (Phi) is 29.5. The first-order valence-corrected chi connectivity index (χ1v) is 17.0. The summed E-state index contributed by atoms with van der Waals surface area (Å²) in [6.45, 7) is 7.47. The number of hydrogen-bond acceptors (Lipinski definition) is 3. The largest absolute Gasteiger partial charge is 0.466 e. The van der Waals surface area contributed by atoms with Gasteiger partial charge in [-0.1, -0.05) is 156 Å². The van der Waals surface area contributed by atoms with Gasteiger partial charge in [0, 0.05) is 12.5 Å². The maximum Gasteiger partial charge on any atom is 0.305 e. The van der Waals surface area contributed by atoms with Gasteiger partial charge in [0.05, 0.1) is 6.61 Å². The van der Waals surface area contributed by atoms with Gasteiger partial charge in [-0.05, 0) is 38.0 Å². The molecule has 0 fully saturated rings. The number of hydrogen-bond donors (Lipinski definition) is 1. The number of carbonyl (C=O) groups excluding carboxylic acids is 1. The summed E-state index contributed by atoms with van der Waals surface area (Å²) >= 11 is 0. The summed E-state index contributed by atoms with van der Waals surface area (Å²) in [5.41, 5.74) is 6.33. The molecule has 0 spiro atoms. The summed E-state index contributed by atoms with van der Waals surface area (Å²) in [4.78, 5) is 12.0. The molecule has 0 aliphatic carbocycles. The molecule has 0 saturated carbocycles. The van der Waals surface area contributed by atoms with Crippen molar-refractivity contribution in [3.8, 4) is 0 Å². The fourth-order valence-electron chi connectivity index (χ4n) is 5.46. The lowest BCUT2D eigenvalue weighted by Crippen LogP contribution is -2.19. The van der Waals surface area contributed by atoms with E-state index in [9.17, 15) is 4.79 Å². The Morgan fingerprint density at radius 3 is 1.43 bits per heavy atom. The lowest BCUT2D eigenvalue weighted by atomic mass is 9.91. The molecule has 37 heavy (non-hydrogen) atoms. The molecular weight excluding hydrogens is 454 g/mol. The third-order valence-electron chi connectivity index (χ3n) is 8.09. The molecule has 222 valence electrons. The topological polar surface area (TPSA) is 52.3 Å². The Hall–Kier alpha value is -0.570. The highest BCUT2D eigenvalue weighted by atomic mass is 16.5. The molecule has 0 rings (SSSR count). The van der Waals surface area contributed by atoms with Crippen LogP contribution in [0.3, 0.4) is 0 Å². The maximum absolute atomic E-state index is 12.0. The van der Waals surface area contributed by atoms with Crippen LogP contribution in [0.1, 0.15) is 194 Å². The highest BCUT2D eigenvalue weighted by Gasteiger charge is 2.09. The van der Waals surface area contributed by atoms with E-state index in [0.717, 1.165) is 31.6 Å². The fraction of sp³-hybridized carbons (Fsp3) is 0.971. The number of unbranched alkanes of at least 4 members (excludes halogenated alkanes) is 16. The van der Waals surface area contributed by atoms with Gasteiger partial charge in [-0.15, -0.1) is 0 Å². The van der Waals surface area contributed by atoms with Crippen molar-refractivity contribution < 1.29 is 9.53 Å². The molecular formula is C34H69NO2. The molecule has 0 aliphatic heterocycles. The van der Waals surface area contributed by atoms with Crippen LogP contribution >= 0.6 is 0 Å². The molecule has 3 heteroatoms. The van der Waals surface area contributed by atoms with Crippen molar-refractivity contribution in [2.24, 2.45) is 11.7 Å². The smallest absolute Gasteiger partial charge is 0.305 e. The third kappa shape index (κ3) is 28.3. The van der Waals surface area contributed by atoms with Gasteiger partial charge in [0.2, 0.25) is 0 Å². The van der Waals surface area contributed by atoms with Crippen molar-refractivity contribution in [3.63, 3.8) is 0 Å². The van der Waals surface area contributed by atoms with Gasteiger partial charge in [-0.3, -0.25) is 4.79 Å². The molecule has 1 atom stereocenters. The van der Waals surface area contributed by atoms with Crippen molar-refractivity contribution in [1.82, 2.24) is 0 Å². The summed E-state index contributed by atoms with van der Waals surface area (Å²) in [5, 5.41) is 0. The highest BCUT2D eigenvalue weighted by molar-refractivity contribution is 5.69.